The quantitative estimate of drug-likeness (QED) is 0.599. The lowest BCUT2D eigenvalue weighted by atomic mass is 10.1. The van der Waals surface area contributed by atoms with Crippen molar-refractivity contribution in [1.29, 1.82) is 0 Å². The molecule has 1 amide bonds. The van der Waals surface area contributed by atoms with E-state index in [0.717, 1.165) is 5.56 Å². The van der Waals surface area contributed by atoms with Crippen LogP contribution < -0.4 is 10.6 Å². The Labute approximate surface area is 152 Å². The Balaban J connectivity index is 2.78. The highest BCUT2D eigenvalue weighted by atomic mass is 19.1. The molecule has 2 atom stereocenters. The zero-order chi connectivity index (χ0) is 19.7. The fraction of sp³-hybridized carbons (Fsp3) is 0.556. The molecule has 0 bridgehead atoms. The van der Waals surface area contributed by atoms with Gasteiger partial charge in [0.1, 0.15) is 17.5 Å². The molecule has 3 N–H and O–H groups in total. The molecular formula is C18H27FN2O5. The molecule has 0 heterocycles. The van der Waals surface area contributed by atoms with Gasteiger partial charge in [-0.2, -0.15) is 0 Å². The van der Waals surface area contributed by atoms with Gasteiger partial charge in [0.2, 0.25) is 0 Å². The number of aliphatic hydroxyl groups excluding tert-OH is 1. The minimum atomic E-state index is -0.906. The third-order valence-corrected chi connectivity index (χ3v) is 3.40. The number of hydrogen-bond acceptors (Lipinski definition) is 6. The Morgan fingerprint density at radius 3 is 2.35 bits per heavy atom. The van der Waals surface area contributed by atoms with E-state index < -0.39 is 36.4 Å². The van der Waals surface area contributed by atoms with E-state index in [4.69, 9.17) is 4.74 Å². The number of benzene rings is 1. The van der Waals surface area contributed by atoms with Crippen LogP contribution in [0.1, 0.15) is 26.3 Å². The van der Waals surface area contributed by atoms with Crippen molar-refractivity contribution in [2.75, 3.05) is 20.3 Å². The summed E-state index contributed by atoms with van der Waals surface area (Å²) in [6.45, 7) is 4.98. The summed E-state index contributed by atoms with van der Waals surface area (Å²) >= 11 is 0. The number of hydrogen-bond donors (Lipinski definition) is 3. The van der Waals surface area contributed by atoms with Gasteiger partial charge in [-0.15, -0.1) is 0 Å². The first kappa shape index (κ1) is 21.9. The van der Waals surface area contributed by atoms with E-state index in [-0.39, 0.29) is 12.4 Å². The van der Waals surface area contributed by atoms with Crippen LogP contribution in [0, 0.1) is 5.82 Å². The van der Waals surface area contributed by atoms with Crippen molar-refractivity contribution in [2.45, 2.75) is 44.9 Å². The summed E-state index contributed by atoms with van der Waals surface area (Å²) in [5.41, 5.74) is 0.144. The highest BCUT2D eigenvalue weighted by molar-refractivity contribution is 5.75. The maximum Gasteiger partial charge on any atom is 0.407 e. The third-order valence-electron chi connectivity index (χ3n) is 3.40. The van der Waals surface area contributed by atoms with Crippen molar-refractivity contribution in [1.82, 2.24) is 10.6 Å². The first-order valence-corrected chi connectivity index (χ1v) is 8.30. The van der Waals surface area contributed by atoms with Crippen LogP contribution >= 0.6 is 0 Å². The second-order valence-corrected chi connectivity index (χ2v) is 6.84. The predicted octanol–water partition coefficient (Wildman–Crippen LogP) is 1.38. The first-order valence-electron chi connectivity index (χ1n) is 8.30. The van der Waals surface area contributed by atoms with E-state index in [1.807, 2.05) is 0 Å². The van der Waals surface area contributed by atoms with Gasteiger partial charge >= 0.3 is 12.1 Å². The van der Waals surface area contributed by atoms with E-state index in [1.54, 1.807) is 32.9 Å². The van der Waals surface area contributed by atoms with Gasteiger partial charge in [-0.05, 0) is 44.9 Å². The molecule has 0 spiro atoms. The molecule has 1 rings (SSSR count). The van der Waals surface area contributed by atoms with Crippen molar-refractivity contribution >= 4 is 12.1 Å². The lowest BCUT2D eigenvalue weighted by molar-refractivity contribution is -0.144. The van der Waals surface area contributed by atoms with Crippen molar-refractivity contribution in [2.24, 2.45) is 0 Å². The number of esters is 1. The molecule has 8 heteroatoms. The van der Waals surface area contributed by atoms with Gasteiger partial charge in [0, 0.05) is 12.6 Å². The van der Waals surface area contributed by atoms with Gasteiger partial charge in [0.25, 0.3) is 0 Å². The van der Waals surface area contributed by atoms with E-state index in [1.165, 1.54) is 19.2 Å². The highest BCUT2D eigenvalue weighted by Crippen LogP contribution is 2.09. The predicted molar refractivity (Wildman–Crippen MR) is 94.2 cm³/mol. The highest BCUT2D eigenvalue weighted by Gasteiger charge is 2.23. The average Bonchev–Trinajstić information content (AvgIpc) is 2.55. The van der Waals surface area contributed by atoms with E-state index in [0.29, 0.717) is 6.42 Å². The normalized spacial score (nSPS) is 13.6. The Morgan fingerprint density at radius 1 is 1.23 bits per heavy atom. The number of halogens is 1. The number of aliphatic hydroxyl groups is 1. The zero-order valence-corrected chi connectivity index (χ0v) is 15.5. The van der Waals surface area contributed by atoms with Crippen LogP contribution in [-0.2, 0) is 20.7 Å². The molecule has 1 aromatic rings. The minimum Gasteiger partial charge on any atom is -0.468 e. The fourth-order valence-electron chi connectivity index (χ4n) is 2.20. The lowest BCUT2D eigenvalue weighted by Crippen LogP contribution is -2.50. The number of methoxy groups -OCH3 is 1. The zero-order valence-electron chi connectivity index (χ0n) is 15.5. The number of nitrogens with one attached hydrogen (secondary N) is 2. The molecule has 0 unspecified atom stereocenters. The summed E-state index contributed by atoms with van der Waals surface area (Å²) in [4.78, 5) is 23.6. The largest absolute Gasteiger partial charge is 0.468 e. The van der Waals surface area contributed by atoms with Crippen LogP contribution in [0.4, 0.5) is 9.18 Å². The molecule has 0 aliphatic rings. The molecule has 0 saturated heterocycles. The number of carbonyl (C=O) groups excluding carboxylic acids is 2. The summed E-state index contributed by atoms with van der Waals surface area (Å²) in [6.07, 6.45) is -0.226. The maximum absolute atomic E-state index is 13.1. The lowest BCUT2D eigenvalue weighted by Gasteiger charge is -2.25. The standard InChI is InChI=1S/C18H27FN2O5/c1-18(2,3)26-17(24)21-14(9-12-5-7-13(19)8-6-12)10-20-15(11-22)16(23)25-4/h5-8,14-15,20,22H,9-11H2,1-4H3,(H,21,24)/t14-,15-/m0/s1. The number of amides is 1. The molecule has 0 aromatic heterocycles. The van der Waals surface area contributed by atoms with Crippen LogP contribution in [0.15, 0.2) is 24.3 Å². The van der Waals surface area contributed by atoms with Crippen LogP contribution in [0.2, 0.25) is 0 Å². The van der Waals surface area contributed by atoms with Gasteiger partial charge in [-0.1, -0.05) is 12.1 Å². The van der Waals surface area contributed by atoms with Crippen LogP contribution in [0.25, 0.3) is 0 Å². The third kappa shape index (κ3) is 8.26. The summed E-state index contributed by atoms with van der Waals surface area (Å²) in [7, 11) is 1.22. The van der Waals surface area contributed by atoms with Crippen LogP contribution in [0.3, 0.4) is 0 Å². The first-order chi connectivity index (χ1) is 12.1. The maximum atomic E-state index is 13.1. The monoisotopic (exact) mass is 370 g/mol. The second-order valence-electron chi connectivity index (χ2n) is 6.84. The average molecular weight is 370 g/mol. The van der Waals surface area contributed by atoms with Gasteiger partial charge < -0.3 is 25.2 Å². The van der Waals surface area contributed by atoms with Crippen LogP contribution in [-0.4, -0.2) is 55.1 Å². The Bertz CT molecular complexity index is 586. The van der Waals surface area contributed by atoms with E-state index >= 15 is 0 Å². The summed E-state index contributed by atoms with van der Waals surface area (Å²) in [5, 5.41) is 14.9. The van der Waals surface area contributed by atoms with Crippen LogP contribution in [0.5, 0.6) is 0 Å². The molecule has 0 aliphatic heterocycles. The fourth-order valence-corrected chi connectivity index (χ4v) is 2.20. The Hall–Kier alpha value is -2.19. The van der Waals surface area contributed by atoms with Crippen molar-refractivity contribution in [3.63, 3.8) is 0 Å². The smallest absolute Gasteiger partial charge is 0.407 e. The SMILES string of the molecule is COC(=O)[C@H](CO)NC[C@H](Cc1ccc(F)cc1)NC(=O)OC(C)(C)C. The van der Waals surface area contributed by atoms with Gasteiger partial charge in [0.05, 0.1) is 13.7 Å². The minimum absolute atomic E-state index is 0.178. The van der Waals surface area contributed by atoms with E-state index in [9.17, 15) is 19.1 Å². The van der Waals surface area contributed by atoms with Crippen molar-refractivity contribution in [3.05, 3.63) is 35.6 Å². The number of ether oxygens (including phenoxy) is 2. The molecular weight excluding hydrogens is 343 g/mol. The molecule has 7 nitrogen and oxygen atoms in total. The molecule has 26 heavy (non-hydrogen) atoms. The van der Waals surface area contributed by atoms with Gasteiger partial charge in [-0.25, -0.2) is 9.18 Å². The Kier molecular flexibility index (Phi) is 8.47. The van der Waals surface area contributed by atoms with Crippen molar-refractivity contribution < 1.29 is 28.6 Å². The van der Waals surface area contributed by atoms with Crippen molar-refractivity contribution in [3.8, 4) is 0 Å². The summed E-state index contributed by atoms with van der Waals surface area (Å²) in [5.74, 6) is -0.958. The molecule has 1 aromatic carbocycles. The molecule has 146 valence electrons. The summed E-state index contributed by atoms with van der Waals surface area (Å²) < 4.78 is 22.9. The molecule has 0 aliphatic carbocycles. The number of alkyl carbamates (subject to hydrolysis) is 1. The molecule has 0 radical (unpaired) electrons. The van der Waals surface area contributed by atoms with Gasteiger partial charge in [0.15, 0.2) is 0 Å². The molecule has 0 fully saturated rings. The molecule has 0 saturated carbocycles. The second kappa shape index (κ2) is 10.1. The van der Waals surface area contributed by atoms with Gasteiger partial charge in [-0.3, -0.25) is 4.79 Å². The topological polar surface area (TPSA) is 96.9 Å². The number of rotatable bonds is 8. The Morgan fingerprint density at radius 2 is 1.85 bits per heavy atom. The van der Waals surface area contributed by atoms with E-state index in [2.05, 4.69) is 15.4 Å². The number of carbonyl (C=O) groups is 2. The summed E-state index contributed by atoms with van der Waals surface area (Å²) in [6, 6.07) is 4.53.